The van der Waals surface area contributed by atoms with Gasteiger partial charge in [0.1, 0.15) is 5.69 Å². The van der Waals surface area contributed by atoms with Crippen LogP contribution in [0.5, 0.6) is 0 Å². The van der Waals surface area contributed by atoms with Crippen molar-refractivity contribution in [2.75, 3.05) is 6.54 Å². The number of nitrogens with zero attached hydrogens (tertiary/aromatic N) is 4. The van der Waals surface area contributed by atoms with Gasteiger partial charge in [-0.05, 0) is 43.0 Å². The second-order valence-electron chi connectivity index (χ2n) is 7.24. The lowest BCUT2D eigenvalue weighted by atomic mass is 10.0. The fraction of sp³-hybridized carbons (Fsp3) is 0.318. The Balaban J connectivity index is 1.60. The Bertz CT molecular complexity index is 1070. The normalized spacial score (nSPS) is 13.4. The average molecular weight is 376 g/mol. The summed E-state index contributed by atoms with van der Waals surface area (Å²) in [5, 5.41) is 4.39. The van der Waals surface area contributed by atoms with E-state index in [1.165, 1.54) is 0 Å². The fourth-order valence-corrected chi connectivity index (χ4v) is 3.77. The van der Waals surface area contributed by atoms with Gasteiger partial charge in [-0.1, -0.05) is 30.3 Å². The molecule has 3 aromatic rings. The first-order valence-electron chi connectivity index (χ1n) is 9.65. The van der Waals surface area contributed by atoms with Crippen molar-refractivity contribution in [1.82, 2.24) is 19.2 Å². The molecule has 1 amide bonds. The van der Waals surface area contributed by atoms with Crippen molar-refractivity contribution in [3.63, 3.8) is 0 Å². The topological polar surface area (TPSA) is 60.1 Å². The Kier molecular flexibility index (Phi) is 4.86. The Morgan fingerprint density at radius 2 is 1.93 bits per heavy atom. The zero-order valence-electron chi connectivity index (χ0n) is 16.3. The molecule has 28 heavy (non-hydrogen) atoms. The molecule has 6 nitrogen and oxygen atoms in total. The second-order valence-corrected chi connectivity index (χ2v) is 7.24. The van der Waals surface area contributed by atoms with Gasteiger partial charge in [0.2, 0.25) is 0 Å². The average Bonchev–Trinajstić information content (AvgIpc) is 3.09. The van der Waals surface area contributed by atoms with Gasteiger partial charge >= 0.3 is 0 Å². The molecule has 0 bridgehead atoms. The number of pyridine rings is 1. The number of fused-ring (bicyclic) bond motifs is 1. The SMILES string of the molecule is CCn1nc(C)cc1C(=O)N1CCc2cc(=O)n(Cc3ccccc3)cc2C1. The van der Waals surface area contributed by atoms with Crippen LogP contribution in [0.1, 0.15) is 39.8 Å². The molecule has 0 saturated heterocycles. The van der Waals surface area contributed by atoms with E-state index in [1.807, 2.05) is 61.3 Å². The van der Waals surface area contributed by atoms with Gasteiger partial charge in [-0.2, -0.15) is 5.10 Å². The van der Waals surface area contributed by atoms with Gasteiger partial charge in [-0.25, -0.2) is 0 Å². The van der Waals surface area contributed by atoms with E-state index in [9.17, 15) is 9.59 Å². The molecule has 0 unspecified atom stereocenters. The summed E-state index contributed by atoms with van der Waals surface area (Å²) in [7, 11) is 0. The van der Waals surface area contributed by atoms with Crippen molar-refractivity contribution in [2.24, 2.45) is 0 Å². The van der Waals surface area contributed by atoms with Crippen LogP contribution in [-0.2, 0) is 26.1 Å². The van der Waals surface area contributed by atoms with E-state index < -0.39 is 0 Å². The third-order valence-electron chi connectivity index (χ3n) is 5.22. The first kappa shape index (κ1) is 18.2. The van der Waals surface area contributed by atoms with Crippen molar-refractivity contribution in [3.8, 4) is 0 Å². The molecule has 1 aromatic carbocycles. The molecular weight excluding hydrogens is 352 g/mol. The van der Waals surface area contributed by atoms with Gasteiger partial charge in [-0.15, -0.1) is 0 Å². The van der Waals surface area contributed by atoms with E-state index in [0.717, 1.165) is 22.4 Å². The van der Waals surface area contributed by atoms with E-state index in [-0.39, 0.29) is 11.5 Å². The number of benzene rings is 1. The summed E-state index contributed by atoms with van der Waals surface area (Å²) in [6.07, 6.45) is 2.61. The number of amides is 1. The van der Waals surface area contributed by atoms with Crippen LogP contribution in [0.2, 0.25) is 0 Å². The molecule has 0 N–H and O–H groups in total. The molecule has 0 fully saturated rings. The number of aromatic nitrogens is 3. The van der Waals surface area contributed by atoms with E-state index >= 15 is 0 Å². The van der Waals surface area contributed by atoms with Crippen LogP contribution in [0.3, 0.4) is 0 Å². The summed E-state index contributed by atoms with van der Waals surface area (Å²) in [6.45, 7) is 6.20. The maximum absolute atomic E-state index is 13.0. The summed E-state index contributed by atoms with van der Waals surface area (Å²) in [4.78, 5) is 27.4. The molecule has 144 valence electrons. The molecule has 0 radical (unpaired) electrons. The molecule has 4 rings (SSSR count). The van der Waals surface area contributed by atoms with Crippen LogP contribution >= 0.6 is 0 Å². The number of hydrogen-bond donors (Lipinski definition) is 0. The molecular formula is C22H24N4O2. The fourth-order valence-electron chi connectivity index (χ4n) is 3.77. The van der Waals surface area contributed by atoms with Gasteiger partial charge in [0.05, 0.1) is 12.2 Å². The van der Waals surface area contributed by atoms with Crippen LogP contribution < -0.4 is 5.56 Å². The zero-order valence-corrected chi connectivity index (χ0v) is 16.3. The van der Waals surface area contributed by atoms with Crippen LogP contribution in [0, 0.1) is 6.92 Å². The summed E-state index contributed by atoms with van der Waals surface area (Å²) < 4.78 is 3.48. The number of aryl methyl sites for hydroxylation is 2. The molecule has 3 heterocycles. The maximum Gasteiger partial charge on any atom is 0.272 e. The minimum atomic E-state index is -0.00564. The zero-order chi connectivity index (χ0) is 19.7. The van der Waals surface area contributed by atoms with Gasteiger partial charge in [0.15, 0.2) is 0 Å². The molecule has 2 aromatic heterocycles. The predicted molar refractivity (Wildman–Crippen MR) is 107 cm³/mol. The first-order chi connectivity index (χ1) is 13.5. The highest BCUT2D eigenvalue weighted by Crippen LogP contribution is 2.20. The number of rotatable bonds is 4. The largest absolute Gasteiger partial charge is 0.333 e. The minimum absolute atomic E-state index is 0.00191. The minimum Gasteiger partial charge on any atom is -0.333 e. The van der Waals surface area contributed by atoms with Gasteiger partial charge in [-0.3, -0.25) is 14.3 Å². The lowest BCUT2D eigenvalue weighted by Crippen LogP contribution is -2.38. The van der Waals surface area contributed by atoms with Crippen LogP contribution in [0.4, 0.5) is 0 Å². The number of carbonyl (C=O) groups excluding carboxylic acids is 1. The quantitative estimate of drug-likeness (QED) is 0.703. The summed E-state index contributed by atoms with van der Waals surface area (Å²) in [6, 6.07) is 13.5. The molecule has 1 aliphatic rings. The van der Waals surface area contributed by atoms with Crippen molar-refractivity contribution in [3.05, 3.63) is 87.1 Å². The van der Waals surface area contributed by atoms with Gasteiger partial charge < -0.3 is 9.47 Å². The smallest absolute Gasteiger partial charge is 0.272 e. The maximum atomic E-state index is 13.0. The molecule has 0 aliphatic carbocycles. The molecule has 0 spiro atoms. The van der Waals surface area contributed by atoms with Crippen molar-refractivity contribution < 1.29 is 4.79 Å². The summed E-state index contributed by atoms with van der Waals surface area (Å²) >= 11 is 0. The van der Waals surface area contributed by atoms with Crippen molar-refractivity contribution in [2.45, 2.75) is 39.9 Å². The van der Waals surface area contributed by atoms with E-state index in [4.69, 9.17) is 0 Å². The van der Waals surface area contributed by atoms with E-state index in [1.54, 1.807) is 15.3 Å². The highest BCUT2D eigenvalue weighted by molar-refractivity contribution is 5.92. The summed E-state index contributed by atoms with van der Waals surface area (Å²) in [5.41, 5.74) is 4.63. The highest BCUT2D eigenvalue weighted by Gasteiger charge is 2.25. The van der Waals surface area contributed by atoms with Crippen molar-refractivity contribution >= 4 is 5.91 Å². The monoisotopic (exact) mass is 376 g/mol. The number of carbonyl (C=O) groups is 1. The first-order valence-corrected chi connectivity index (χ1v) is 9.65. The lowest BCUT2D eigenvalue weighted by molar-refractivity contribution is 0.0721. The van der Waals surface area contributed by atoms with Gasteiger partial charge in [0, 0.05) is 31.9 Å². The Morgan fingerprint density at radius 3 is 2.68 bits per heavy atom. The standard InChI is InChI=1S/C22H24N4O2/c1-3-26-20(11-16(2)23-26)22(28)24-10-9-18-12-21(27)25(15-19(18)14-24)13-17-7-5-4-6-8-17/h4-8,11-12,15H,3,9-10,13-14H2,1-2H3. The van der Waals surface area contributed by atoms with E-state index in [2.05, 4.69) is 5.10 Å². The summed E-state index contributed by atoms with van der Waals surface area (Å²) in [5.74, 6) is -0.00564. The highest BCUT2D eigenvalue weighted by atomic mass is 16.2. The third kappa shape index (κ3) is 3.50. The van der Waals surface area contributed by atoms with Crippen LogP contribution in [-0.4, -0.2) is 31.7 Å². The molecule has 0 atom stereocenters. The Hall–Kier alpha value is -3.15. The van der Waals surface area contributed by atoms with Gasteiger partial charge in [0.25, 0.3) is 11.5 Å². The lowest BCUT2D eigenvalue weighted by Gasteiger charge is -2.29. The van der Waals surface area contributed by atoms with Crippen LogP contribution in [0.25, 0.3) is 0 Å². The van der Waals surface area contributed by atoms with Crippen LogP contribution in [0.15, 0.2) is 53.5 Å². The molecule has 6 heteroatoms. The molecule has 1 aliphatic heterocycles. The predicted octanol–water partition coefficient (Wildman–Crippen LogP) is 2.62. The third-order valence-corrected chi connectivity index (χ3v) is 5.22. The Labute approximate surface area is 164 Å². The van der Waals surface area contributed by atoms with Crippen molar-refractivity contribution in [1.29, 1.82) is 0 Å². The Morgan fingerprint density at radius 1 is 1.14 bits per heavy atom. The molecule has 0 saturated carbocycles. The van der Waals surface area contributed by atoms with E-state index in [0.29, 0.717) is 38.3 Å². The second kappa shape index (κ2) is 7.46. The number of hydrogen-bond acceptors (Lipinski definition) is 3.